The Labute approximate surface area is 131 Å². The molecule has 2 aromatic rings. The largest absolute Gasteiger partial charge is 0.497 e. The van der Waals surface area contributed by atoms with Crippen LogP contribution in [0.15, 0.2) is 52.1 Å². The highest BCUT2D eigenvalue weighted by Crippen LogP contribution is 2.31. The van der Waals surface area contributed by atoms with E-state index in [-0.39, 0.29) is 6.04 Å². The van der Waals surface area contributed by atoms with Gasteiger partial charge in [0.1, 0.15) is 5.75 Å². The summed E-state index contributed by atoms with van der Waals surface area (Å²) in [4.78, 5) is 10.8. The van der Waals surface area contributed by atoms with Crippen molar-refractivity contribution in [2.75, 3.05) is 18.6 Å². The summed E-state index contributed by atoms with van der Waals surface area (Å²) in [5.41, 5.74) is 7.97. The first-order valence-electron chi connectivity index (χ1n) is 6.53. The molecule has 0 bridgehead atoms. The highest BCUT2D eigenvalue weighted by atomic mass is 79.9. The molecule has 2 heterocycles. The number of rotatable bonds is 3. The number of aromatic nitrogens is 1. The van der Waals surface area contributed by atoms with Gasteiger partial charge in [-0.2, -0.15) is 0 Å². The molecule has 0 radical (unpaired) electrons. The molecule has 0 spiro atoms. The lowest BCUT2D eigenvalue weighted by molar-refractivity contribution is 0.415. The second kappa shape index (κ2) is 5.73. The highest BCUT2D eigenvalue weighted by molar-refractivity contribution is 9.10. The van der Waals surface area contributed by atoms with E-state index in [0.29, 0.717) is 12.5 Å². The molecule has 0 aliphatic carbocycles. The summed E-state index contributed by atoms with van der Waals surface area (Å²) in [6.07, 6.45) is 1.79. The van der Waals surface area contributed by atoms with Crippen molar-refractivity contribution >= 4 is 27.6 Å². The van der Waals surface area contributed by atoms with Gasteiger partial charge in [0.25, 0.3) is 0 Å². The summed E-state index contributed by atoms with van der Waals surface area (Å²) in [6, 6.07) is 11.7. The van der Waals surface area contributed by atoms with Crippen LogP contribution in [-0.2, 0) is 0 Å². The normalized spacial score (nSPS) is 17.7. The Morgan fingerprint density at radius 1 is 1.24 bits per heavy atom. The number of pyridine rings is 1. The Morgan fingerprint density at radius 3 is 2.62 bits per heavy atom. The average molecular weight is 347 g/mol. The zero-order valence-corrected chi connectivity index (χ0v) is 13.1. The van der Waals surface area contributed by atoms with E-state index in [4.69, 9.17) is 10.5 Å². The maximum Gasteiger partial charge on any atom is 0.196 e. The van der Waals surface area contributed by atoms with Crippen LogP contribution in [0.2, 0.25) is 0 Å². The van der Waals surface area contributed by atoms with Gasteiger partial charge in [-0.1, -0.05) is 0 Å². The van der Waals surface area contributed by atoms with Crippen LogP contribution < -0.4 is 15.4 Å². The molecule has 1 aromatic heterocycles. The molecule has 0 saturated heterocycles. The van der Waals surface area contributed by atoms with E-state index in [2.05, 4.69) is 25.9 Å². The van der Waals surface area contributed by atoms with Gasteiger partial charge in [-0.3, -0.25) is 9.98 Å². The Hall–Kier alpha value is -2.08. The third-order valence-electron chi connectivity index (χ3n) is 3.43. The van der Waals surface area contributed by atoms with E-state index in [0.717, 1.165) is 21.6 Å². The second-order valence-electron chi connectivity index (χ2n) is 4.68. The summed E-state index contributed by atoms with van der Waals surface area (Å²) in [6.45, 7) is 0.604. The SMILES string of the molecule is COc1ccc(N2C(N)=NCC2c2ccc(Br)cn2)cc1. The number of hydrogen-bond acceptors (Lipinski definition) is 5. The van der Waals surface area contributed by atoms with E-state index >= 15 is 0 Å². The zero-order chi connectivity index (χ0) is 14.8. The maximum atomic E-state index is 6.05. The van der Waals surface area contributed by atoms with Gasteiger partial charge in [0, 0.05) is 16.4 Å². The van der Waals surface area contributed by atoms with Crippen molar-refractivity contribution in [3.63, 3.8) is 0 Å². The third kappa shape index (κ3) is 2.71. The first-order valence-corrected chi connectivity index (χ1v) is 7.33. The Bertz CT molecular complexity index is 654. The van der Waals surface area contributed by atoms with Gasteiger partial charge >= 0.3 is 0 Å². The van der Waals surface area contributed by atoms with Gasteiger partial charge in [0.15, 0.2) is 5.96 Å². The molecule has 6 heteroatoms. The minimum absolute atomic E-state index is 0.0199. The van der Waals surface area contributed by atoms with Crippen molar-refractivity contribution in [1.82, 2.24) is 4.98 Å². The topological polar surface area (TPSA) is 63.7 Å². The van der Waals surface area contributed by atoms with Crippen LogP contribution in [0.3, 0.4) is 0 Å². The molecule has 0 amide bonds. The van der Waals surface area contributed by atoms with Crippen LogP contribution in [0.4, 0.5) is 5.69 Å². The van der Waals surface area contributed by atoms with Gasteiger partial charge in [-0.05, 0) is 52.3 Å². The van der Waals surface area contributed by atoms with Gasteiger partial charge < -0.3 is 15.4 Å². The average Bonchev–Trinajstić information content (AvgIpc) is 2.90. The molecule has 1 atom stereocenters. The molecule has 3 rings (SSSR count). The first kappa shape index (κ1) is 13.9. The molecule has 5 nitrogen and oxygen atoms in total. The molecule has 0 saturated carbocycles. The second-order valence-corrected chi connectivity index (χ2v) is 5.60. The van der Waals surface area contributed by atoms with E-state index in [1.54, 1.807) is 13.3 Å². The molecular formula is C15H15BrN4O. The molecule has 1 aliphatic rings. The lowest BCUT2D eigenvalue weighted by Crippen LogP contribution is -2.36. The minimum atomic E-state index is 0.0199. The van der Waals surface area contributed by atoms with Crippen molar-refractivity contribution in [3.8, 4) is 5.75 Å². The summed E-state index contributed by atoms with van der Waals surface area (Å²) < 4.78 is 6.14. The highest BCUT2D eigenvalue weighted by Gasteiger charge is 2.29. The zero-order valence-electron chi connectivity index (χ0n) is 11.5. The van der Waals surface area contributed by atoms with Crippen LogP contribution in [0.5, 0.6) is 5.75 Å². The van der Waals surface area contributed by atoms with Crippen molar-refractivity contribution in [1.29, 1.82) is 0 Å². The lowest BCUT2D eigenvalue weighted by Gasteiger charge is -2.26. The number of benzene rings is 1. The number of ether oxygens (including phenoxy) is 1. The van der Waals surface area contributed by atoms with Crippen LogP contribution in [0.25, 0.3) is 0 Å². The summed E-state index contributed by atoms with van der Waals surface area (Å²) in [5.74, 6) is 1.32. The van der Waals surface area contributed by atoms with E-state index < -0.39 is 0 Å². The molecule has 108 valence electrons. The Balaban J connectivity index is 1.93. The van der Waals surface area contributed by atoms with Crippen LogP contribution in [-0.4, -0.2) is 24.6 Å². The fraction of sp³-hybridized carbons (Fsp3) is 0.200. The molecule has 21 heavy (non-hydrogen) atoms. The van der Waals surface area contributed by atoms with Crippen LogP contribution >= 0.6 is 15.9 Å². The standard InChI is InChI=1S/C15H15BrN4O/c1-21-12-5-3-11(4-6-12)20-14(9-19-15(20)17)13-7-2-10(16)8-18-13/h2-8,14H,9H2,1H3,(H2,17,19). The van der Waals surface area contributed by atoms with E-state index in [1.165, 1.54) is 0 Å². The van der Waals surface area contributed by atoms with Crippen LogP contribution in [0, 0.1) is 0 Å². The number of aliphatic imine (C=N–C) groups is 1. The summed E-state index contributed by atoms with van der Waals surface area (Å²) in [5, 5.41) is 0. The van der Waals surface area contributed by atoms with E-state index in [1.807, 2.05) is 41.3 Å². The van der Waals surface area contributed by atoms with Gasteiger partial charge in [0.05, 0.1) is 25.4 Å². The third-order valence-corrected chi connectivity index (χ3v) is 3.90. The monoisotopic (exact) mass is 346 g/mol. The number of nitrogens with two attached hydrogens (primary N) is 1. The number of nitrogens with zero attached hydrogens (tertiary/aromatic N) is 3. The smallest absolute Gasteiger partial charge is 0.196 e. The molecule has 0 fully saturated rings. The number of halogens is 1. The fourth-order valence-corrected chi connectivity index (χ4v) is 2.60. The van der Waals surface area contributed by atoms with Crippen molar-refractivity contribution in [2.45, 2.75) is 6.04 Å². The van der Waals surface area contributed by atoms with Crippen molar-refractivity contribution in [3.05, 3.63) is 52.8 Å². The van der Waals surface area contributed by atoms with Crippen molar-refractivity contribution in [2.24, 2.45) is 10.7 Å². The summed E-state index contributed by atoms with van der Waals surface area (Å²) in [7, 11) is 1.65. The van der Waals surface area contributed by atoms with Gasteiger partial charge in [0.2, 0.25) is 0 Å². The minimum Gasteiger partial charge on any atom is -0.497 e. The molecule has 2 N–H and O–H groups in total. The van der Waals surface area contributed by atoms with Gasteiger partial charge in [-0.25, -0.2) is 0 Å². The molecule has 1 aliphatic heterocycles. The lowest BCUT2D eigenvalue weighted by atomic mass is 10.1. The molecular weight excluding hydrogens is 332 g/mol. The fourth-order valence-electron chi connectivity index (χ4n) is 2.36. The summed E-state index contributed by atoms with van der Waals surface area (Å²) >= 11 is 3.40. The van der Waals surface area contributed by atoms with Crippen molar-refractivity contribution < 1.29 is 4.74 Å². The molecule has 1 unspecified atom stereocenters. The Kier molecular flexibility index (Phi) is 3.79. The number of anilines is 1. The Morgan fingerprint density at radius 2 is 2.00 bits per heavy atom. The number of methoxy groups -OCH3 is 1. The number of guanidine groups is 1. The van der Waals surface area contributed by atoms with Gasteiger partial charge in [-0.15, -0.1) is 0 Å². The predicted octanol–water partition coefficient (Wildman–Crippen LogP) is 2.73. The quantitative estimate of drug-likeness (QED) is 0.927. The van der Waals surface area contributed by atoms with Crippen LogP contribution in [0.1, 0.15) is 11.7 Å². The number of hydrogen-bond donors (Lipinski definition) is 1. The first-order chi connectivity index (χ1) is 10.2. The van der Waals surface area contributed by atoms with E-state index in [9.17, 15) is 0 Å². The predicted molar refractivity (Wildman–Crippen MR) is 86.6 cm³/mol. The maximum absolute atomic E-state index is 6.05. The molecule has 1 aromatic carbocycles.